The fourth-order valence-corrected chi connectivity index (χ4v) is 2.77. The van der Waals surface area contributed by atoms with Gasteiger partial charge in [0.1, 0.15) is 17.4 Å². The highest BCUT2D eigenvalue weighted by Crippen LogP contribution is 2.25. The summed E-state index contributed by atoms with van der Waals surface area (Å²) in [6, 6.07) is 21.9. The van der Waals surface area contributed by atoms with Crippen molar-refractivity contribution in [1.29, 1.82) is 0 Å². The van der Waals surface area contributed by atoms with E-state index in [1.807, 2.05) is 65.2 Å². The lowest BCUT2D eigenvalue weighted by Gasteiger charge is -2.06. The Morgan fingerprint density at radius 1 is 0.920 bits per heavy atom. The summed E-state index contributed by atoms with van der Waals surface area (Å²) in [6.45, 7) is 0. The highest BCUT2D eigenvalue weighted by atomic mass is 16.5. The molecular weight excluding hydrogens is 310 g/mol. The number of methoxy groups -OCH3 is 1. The molecule has 0 N–H and O–H groups in total. The third kappa shape index (κ3) is 3.02. The van der Waals surface area contributed by atoms with Crippen molar-refractivity contribution in [2.24, 2.45) is 0 Å². The molecule has 0 unspecified atom stereocenters. The van der Waals surface area contributed by atoms with Crippen molar-refractivity contribution in [3.8, 4) is 11.6 Å². The zero-order valence-electron chi connectivity index (χ0n) is 13.8. The Labute approximate surface area is 146 Å². The van der Waals surface area contributed by atoms with Crippen LogP contribution in [-0.4, -0.2) is 21.6 Å². The maximum Gasteiger partial charge on any atom is 0.139 e. The molecule has 25 heavy (non-hydrogen) atoms. The lowest BCUT2D eigenvalue weighted by atomic mass is 10.2. The summed E-state index contributed by atoms with van der Waals surface area (Å²) in [6.07, 6.45) is 5.85. The molecule has 0 aliphatic heterocycles. The van der Waals surface area contributed by atoms with Gasteiger partial charge in [0.25, 0.3) is 0 Å². The number of ether oxygens (including phenoxy) is 1. The van der Waals surface area contributed by atoms with Crippen LogP contribution in [0.5, 0.6) is 5.75 Å². The molecule has 0 aliphatic carbocycles. The number of aromatic nitrogens is 3. The van der Waals surface area contributed by atoms with Gasteiger partial charge in [0, 0.05) is 12.3 Å². The molecule has 0 atom stereocenters. The Morgan fingerprint density at radius 2 is 1.76 bits per heavy atom. The van der Waals surface area contributed by atoms with E-state index >= 15 is 0 Å². The summed E-state index contributed by atoms with van der Waals surface area (Å²) in [5, 5.41) is 0. The summed E-state index contributed by atoms with van der Waals surface area (Å²) in [5.41, 5.74) is 2.99. The first-order valence-corrected chi connectivity index (χ1v) is 8.06. The molecule has 0 spiro atoms. The molecule has 0 radical (unpaired) electrons. The minimum atomic E-state index is 0.795. The number of benzene rings is 2. The van der Waals surface area contributed by atoms with E-state index in [0.717, 1.165) is 34.0 Å². The summed E-state index contributed by atoms with van der Waals surface area (Å²) in [5.74, 6) is 2.44. The van der Waals surface area contributed by atoms with E-state index in [-0.39, 0.29) is 0 Å². The van der Waals surface area contributed by atoms with E-state index < -0.39 is 0 Å². The third-order valence-electron chi connectivity index (χ3n) is 3.99. The summed E-state index contributed by atoms with van der Waals surface area (Å²) in [7, 11) is 1.67. The van der Waals surface area contributed by atoms with Crippen molar-refractivity contribution in [3.63, 3.8) is 0 Å². The molecule has 0 saturated heterocycles. The maximum atomic E-state index is 5.37. The quantitative estimate of drug-likeness (QED) is 0.550. The molecule has 4 rings (SSSR count). The van der Waals surface area contributed by atoms with Crippen molar-refractivity contribution < 1.29 is 4.74 Å². The van der Waals surface area contributed by atoms with Crippen molar-refractivity contribution in [2.75, 3.05) is 7.11 Å². The second kappa shape index (κ2) is 6.61. The Hall–Kier alpha value is -3.40. The lowest BCUT2D eigenvalue weighted by molar-refractivity contribution is 0.415. The van der Waals surface area contributed by atoms with Gasteiger partial charge in [-0.2, -0.15) is 0 Å². The zero-order valence-corrected chi connectivity index (χ0v) is 13.8. The molecule has 4 aromatic rings. The molecule has 0 aliphatic rings. The third-order valence-corrected chi connectivity index (χ3v) is 3.99. The maximum absolute atomic E-state index is 5.37. The second-order valence-electron chi connectivity index (χ2n) is 5.59. The fraction of sp³-hybridized carbons (Fsp3) is 0.0476. The van der Waals surface area contributed by atoms with Crippen LogP contribution in [0.15, 0.2) is 72.9 Å². The highest BCUT2D eigenvalue weighted by molar-refractivity contribution is 5.83. The molecule has 2 heterocycles. The molecule has 0 fully saturated rings. The monoisotopic (exact) mass is 327 g/mol. The topological polar surface area (TPSA) is 39.9 Å². The SMILES string of the molecule is COc1ccc2nc(C=Cc3ccccc3)n(-c3ccccn3)c2c1. The Kier molecular flexibility index (Phi) is 4.01. The van der Waals surface area contributed by atoms with E-state index in [0.29, 0.717) is 0 Å². The standard InChI is InChI=1S/C21H17N3O/c1-25-17-11-12-18-19(15-17)24(20-9-5-6-14-22-20)21(23-18)13-10-16-7-3-2-4-8-16/h2-15H,1H3. The molecule has 4 heteroatoms. The van der Waals surface area contributed by atoms with Crippen LogP contribution >= 0.6 is 0 Å². The molecule has 0 bridgehead atoms. The number of rotatable bonds is 4. The predicted molar refractivity (Wildman–Crippen MR) is 101 cm³/mol. The Balaban J connectivity index is 1.89. The van der Waals surface area contributed by atoms with Crippen LogP contribution in [0.25, 0.3) is 29.0 Å². The first kappa shape index (κ1) is 15.1. The van der Waals surface area contributed by atoms with Crippen molar-refractivity contribution in [1.82, 2.24) is 14.5 Å². The number of hydrogen-bond donors (Lipinski definition) is 0. The van der Waals surface area contributed by atoms with E-state index in [4.69, 9.17) is 9.72 Å². The fourth-order valence-electron chi connectivity index (χ4n) is 2.77. The molecule has 2 aromatic heterocycles. The van der Waals surface area contributed by atoms with Crippen LogP contribution < -0.4 is 4.74 Å². The first-order chi connectivity index (χ1) is 12.3. The van der Waals surface area contributed by atoms with Crippen molar-refractivity contribution in [3.05, 3.63) is 84.3 Å². The van der Waals surface area contributed by atoms with Crippen molar-refractivity contribution in [2.45, 2.75) is 0 Å². The van der Waals surface area contributed by atoms with Gasteiger partial charge in [-0.1, -0.05) is 42.5 Å². The molecule has 4 nitrogen and oxygen atoms in total. The van der Waals surface area contributed by atoms with Gasteiger partial charge >= 0.3 is 0 Å². The lowest BCUT2D eigenvalue weighted by Crippen LogP contribution is -1.99. The van der Waals surface area contributed by atoms with Crippen LogP contribution in [0.2, 0.25) is 0 Å². The first-order valence-electron chi connectivity index (χ1n) is 8.06. The average molecular weight is 327 g/mol. The largest absolute Gasteiger partial charge is 0.497 e. The van der Waals surface area contributed by atoms with Gasteiger partial charge in [-0.05, 0) is 35.9 Å². The molecule has 0 amide bonds. The van der Waals surface area contributed by atoms with Gasteiger partial charge in [-0.15, -0.1) is 0 Å². The highest BCUT2D eigenvalue weighted by Gasteiger charge is 2.12. The van der Waals surface area contributed by atoms with Crippen LogP contribution in [0.4, 0.5) is 0 Å². The van der Waals surface area contributed by atoms with Gasteiger partial charge < -0.3 is 4.74 Å². The summed E-state index contributed by atoms with van der Waals surface area (Å²) >= 11 is 0. The number of hydrogen-bond acceptors (Lipinski definition) is 3. The van der Waals surface area contributed by atoms with Gasteiger partial charge in [0.05, 0.1) is 18.1 Å². The number of pyridine rings is 1. The van der Waals surface area contributed by atoms with Crippen LogP contribution in [0.1, 0.15) is 11.4 Å². The van der Waals surface area contributed by atoms with E-state index in [1.54, 1.807) is 13.3 Å². The summed E-state index contributed by atoms with van der Waals surface area (Å²) in [4.78, 5) is 9.25. The zero-order chi connectivity index (χ0) is 17.1. The molecule has 0 saturated carbocycles. The smallest absolute Gasteiger partial charge is 0.139 e. The van der Waals surface area contributed by atoms with Gasteiger partial charge in [-0.3, -0.25) is 4.57 Å². The second-order valence-corrected chi connectivity index (χ2v) is 5.59. The van der Waals surface area contributed by atoms with Gasteiger partial charge in [-0.25, -0.2) is 9.97 Å². The Morgan fingerprint density at radius 3 is 2.52 bits per heavy atom. The van der Waals surface area contributed by atoms with Crippen LogP contribution in [0.3, 0.4) is 0 Å². The van der Waals surface area contributed by atoms with E-state index in [9.17, 15) is 0 Å². The minimum absolute atomic E-state index is 0.795. The number of imidazole rings is 1. The molecule has 2 aromatic carbocycles. The average Bonchev–Trinajstić information content (AvgIpc) is 3.05. The van der Waals surface area contributed by atoms with Crippen molar-refractivity contribution >= 4 is 23.2 Å². The van der Waals surface area contributed by atoms with Crippen LogP contribution in [0, 0.1) is 0 Å². The predicted octanol–water partition coefficient (Wildman–Crippen LogP) is 4.60. The van der Waals surface area contributed by atoms with Crippen LogP contribution in [-0.2, 0) is 0 Å². The Bertz CT molecular complexity index is 1020. The summed E-state index contributed by atoms with van der Waals surface area (Å²) < 4.78 is 7.41. The molecule has 122 valence electrons. The van der Waals surface area contributed by atoms with E-state index in [1.165, 1.54) is 0 Å². The minimum Gasteiger partial charge on any atom is -0.497 e. The normalized spacial score (nSPS) is 11.2. The molecular formula is C21H17N3O. The van der Waals surface area contributed by atoms with E-state index in [2.05, 4.69) is 23.2 Å². The van der Waals surface area contributed by atoms with Gasteiger partial charge in [0.2, 0.25) is 0 Å². The number of nitrogens with zero attached hydrogens (tertiary/aromatic N) is 3. The number of fused-ring (bicyclic) bond motifs is 1. The van der Waals surface area contributed by atoms with Gasteiger partial charge in [0.15, 0.2) is 0 Å².